The summed E-state index contributed by atoms with van der Waals surface area (Å²) in [5.74, 6) is 1.67. The van der Waals surface area contributed by atoms with Gasteiger partial charge in [0.15, 0.2) is 0 Å². The number of benzene rings is 2. The largest absolute Gasteiger partial charge is 0.492 e. The molecule has 2 aromatic rings. The smallest absolute Gasteiger partial charge is 0.261 e. The van der Waals surface area contributed by atoms with Gasteiger partial charge in [-0.25, -0.2) is 8.42 Å². The quantitative estimate of drug-likeness (QED) is 0.758. The van der Waals surface area contributed by atoms with Crippen LogP contribution in [-0.2, 0) is 9.05 Å². The van der Waals surface area contributed by atoms with E-state index < -0.39 is 9.05 Å². The molecule has 1 heterocycles. The van der Waals surface area contributed by atoms with Gasteiger partial charge >= 0.3 is 0 Å². The summed E-state index contributed by atoms with van der Waals surface area (Å²) in [5, 5.41) is 1.52. The molecule has 3 rings (SSSR count). The Morgan fingerprint density at radius 2 is 2.00 bits per heavy atom. The second-order valence-electron chi connectivity index (χ2n) is 3.88. The van der Waals surface area contributed by atoms with E-state index in [4.69, 9.17) is 15.4 Å². The van der Waals surface area contributed by atoms with Crippen LogP contribution in [0.1, 0.15) is 0 Å². The first-order valence-corrected chi connectivity index (χ1v) is 8.63. The molecule has 1 aliphatic heterocycles. The van der Waals surface area contributed by atoms with E-state index in [0.717, 1.165) is 21.8 Å². The fraction of sp³-hybridized carbons (Fsp3) is 0.167. The summed E-state index contributed by atoms with van der Waals surface area (Å²) in [6.45, 7) is 0.677. The Hall–Kier alpha value is -0.910. The van der Waals surface area contributed by atoms with Crippen molar-refractivity contribution >= 4 is 42.3 Å². The molecule has 0 aromatic heterocycles. The van der Waals surface area contributed by atoms with Crippen molar-refractivity contribution in [1.82, 2.24) is 0 Å². The first-order chi connectivity index (χ1) is 8.57. The summed E-state index contributed by atoms with van der Waals surface area (Å²) < 4.78 is 28.6. The van der Waals surface area contributed by atoms with Gasteiger partial charge in [-0.05, 0) is 18.2 Å². The Morgan fingerprint density at radius 1 is 1.17 bits per heavy atom. The van der Waals surface area contributed by atoms with Crippen LogP contribution in [0, 0.1) is 0 Å². The van der Waals surface area contributed by atoms with Crippen molar-refractivity contribution < 1.29 is 13.2 Å². The number of hydrogen-bond acceptors (Lipinski definition) is 4. The van der Waals surface area contributed by atoms with E-state index in [2.05, 4.69) is 0 Å². The zero-order valence-corrected chi connectivity index (χ0v) is 11.6. The Kier molecular flexibility index (Phi) is 2.92. The molecular weight excluding hydrogens is 292 g/mol. The van der Waals surface area contributed by atoms with Crippen LogP contribution in [0.15, 0.2) is 40.1 Å². The fourth-order valence-corrected chi connectivity index (χ4v) is 4.11. The molecule has 0 unspecified atom stereocenters. The van der Waals surface area contributed by atoms with Gasteiger partial charge in [0.25, 0.3) is 9.05 Å². The van der Waals surface area contributed by atoms with Crippen molar-refractivity contribution in [3.8, 4) is 5.75 Å². The lowest BCUT2D eigenvalue weighted by atomic mass is 10.1. The molecule has 0 radical (unpaired) electrons. The third-order valence-electron chi connectivity index (χ3n) is 2.79. The number of thioether (sulfide) groups is 1. The maximum absolute atomic E-state index is 11.5. The van der Waals surface area contributed by atoms with Crippen LogP contribution >= 0.6 is 22.4 Å². The van der Waals surface area contributed by atoms with E-state index in [9.17, 15) is 8.42 Å². The summed E-state index contributed by atoms with van der Waals surface area (Å²) in [6.07, 6.45) is 0. The van der Waals surface area contributed by atoms with E-state index in [1.807, 2.05) is 6.07 Å². The Labute approximate surface area is 114 Å². The zero-order chi connectivity index (χ0) is 12.8. The molecule has 0 fully saturated rings. The minimum atomic E-state index is -3.73. The summed E-state index contributed by atoms with van der Waals surface area (Å²) in [4.78, 5) is 1.14. The highest BCUT2D eigenvalue weighted by molar-refractivity contribution is 8.14. The molecule has 3 nitrogen and oxygen atoms in total. The number of fused-ring (bicyclic) bond motifs is 3. The van der Waals surface area contributed by atoms with Crippen molar-refractivity contribution in [3.63, 3.8) is 0 Å². The normalized spacial score (nSPS) is 15.2. The lowest BCUT2D eigenvalue weighted by Gasteiger charge is -2.18. The predicted octanol–water partition coefficient (Wildman–Crippen LogP) is 3.25. The molecule has 0 amide bonds. The Morgan fingerprint density at radius 3 is 2.78 bits per heavy atom. The number of ether oxygens (including phenoxy) is 1. The van der Waals surface area contributed by atoms with Crippen LogP contribution in [0.2, 0.25) is 0 Å². The van der Waals surface area contributed by atoms with Gasteiger partial charge in [-0.2, -0.15) is 0 Å². The van der Waals surface area contributed by atoms with Crippen LogP contribution in [0.25, 0.3) is 10.8 Å². The van der Waals surface area contributed by atoms with Gasteiger partial charge in [0.2, 0.25) is 0 Å². The summed E-state index contributed by atoms with van der Waals surface area (Å²) in [5.41, 5.74) is 0. The van der Waals surface area contributed by atoms with Gasteiger partial charge in [-0.1, -0.05) is 12.1 Å². The van der Waals surface area contributed by atoms with E-state index >= 15 is 0 Å². The summed E-state index contributed by atoms with van der Waals surface area (Å²) in [6, 6.07) is 8.66. The molecule has 0 saturated carbocycles. The number of halogens is 1. The van der Waals surface area contributed by atoms with Gasteiger partial charge in [0.05, 0.1) is 16.4 Å². The highest BCUT2D eigenvalue weighted by atomic mass is 35.7. The van der Waals surface area contributed by atoms with Crippen molar-refractivity contribution in [2.24, 2.45) is 0 Å². The van der Waals surface area contributed by atoms with Crippen molar-refractivity contribution in [3.05, 3.63) is 30.3 Å². The van der Waals surface area contributed by atoms with Crippen LogP contribution in [0.3, 0.4) is 0 Å². The fourth-order valence-electron chi connectivity index (χ4n) is 2.05. The zero-order valence-electron chi connectivity index (χ0n) is 9.22. The second kappa shape index (κ2) is 4.33. The first-order valence-electron chi connectivity index (χ1n) is 5.33. The Bertz CT molecular complexity index is 725. The minimum Gasteiger partial charge on any atom is -0.492 e. The third kappa shape index (κ3) is 1.96. The highest BCUT2D eigenvalue weighted by Crippen LogP contribution is 2.41. The van der Waals surface area contributed by atoms with E-state index in [1.165, 1.54) is 6.07 Å². The highest BCUT2D eigenvalue weighted by Gasteiger charge is 2.19. The van der Waals surface area contributed by atoms with Crippen LogP contribution < -0.4 is 4.74 Å². The standard InChI is InChI=1S/C12H9ClO3S2/c13-18(14,15)11-3-1-2-9-8(11)4-5-10-12(9)17-7-6-16-10/h1-5H,6-7H2. The van der Waals surface area contributed by atoms with Crippen LogP contribution in [-0.4, -0.2) is 20.8 Å². The van der Waals surface area contributed by atoms with Crippen molar-refractivity contribution in [2.45, 2.75) is 9.79 Å². The molecule has 94 valence electrons. The number of hydrogen-bond donors (Lipinski definition) is 0. The third-order valence-corrected chi connectivity index (χ3v) is 5.25. The molecule has 0 atom stereocenters. The molecule has 0 aliphatic carbocycles. The lowest BCUT2D eigenvalue weighted by Crippen LogP contribution is -2.07. The molecule has 0 N–H and O–H groups in total. The maximum atomic E-state index is 11.5. The molecule has 18 heavy (non-hydrogen) atoms. The molecule has 6 heteroatoms. The second-order valence-corrected chi connectivity index (χ2v) is 7.52. The van der Waals surface area contributed by atoms with Crippen molar-refractivity contribution in [1.29, 1.82) is 0 Å². The first kappa shape index (κ1) is 12.1. The van der Waals surface area contributed by atoms with Gasteiger partial charge in [0.1, 0.15) is 5.75 Å². The van der Waals surface area contributed by atoms with Gasteiger partial charge in [0, 0.05) is 27.2 Å². The van der Waals surface area contributed by atoms with Gasteiger partial charge < -0.3 is 4.74 Å². The van der Waals surface area contributed by atoms with Crippen LogP contribution in [0.5, 0.6) is 5.75 Å². The minimum absolute atomic E-state index is 0.149. The average Bonchev–Trinajstić information content (AvgIpc) is 2.36. The maximum Gasteiger partial charge on any atom is 0.261 e. The predicted molar refractivity (Wildman–Crippen MR) is 73.2 cm³/mol. The monoisotopic (exact) mass is 300 g/mol. The molecule has 0 saturated heterocycles. The van der Waals surface area contributed by atoms with Gasteiger partial charge in [-0.15, -0.1) is 11.8 Å². The molecule has 0 spiro atoms. The lowest BCUT2D eigenvalue weighted by molar-refractivity contribution is 0.331. The molecule has 1 aliphatic rings. The van der Waals surface area contributed by atoms with E-state index in [-0.39, 0.29) is 4.90 Å². The van der Waals surface area contributed by atoms with Gasteiger partial charge in [-0.3, -0.25) is 0 Å². The molecular formula is C12H9ClO3S2. The average molecular weight is 301 g/mol. The number of rotatable bonds is 1. The molecule has 2 aromatic carbocycles. The summed E-state index contributed by atoms with van der Waals surface area (Å²) in [7, 11) is 1.72. The van der Waals surface area contributed by atoms with E-state index in [0.29, 0.717) is 12.0 Å². The van der Waals surface area contributed by atoms with Crippen molar-refractivity contribution in [2.75, 3.05) is 12.4 Å². The Balaban J connectivity index is 2.38. The SMILES string of the molecule is O=S(=O)(Cl)c1cccc2c3c(ccc12)OCCS3. The molecule has 0 bridgehead atoms. The van der Waals surface area contributed by atoms with E-state index in [1.54, 1.807) is 30.0 Å². The summed E-state index contributed by atoms with van der Waals surface area (Å²) >= 11 is 1.67. The topological polar surface area (TPSA) is 43.4 Å². The van der Waals surface area contributed by atoms with Crippen LogP contribution in [0.4, 0.5) is 0 Å².